The topological polar surface area (TPSA) is 113 Å². The molecule has 0 radical (unpaired) electrons. The Balaban J connectivity index is 1.72. The molecule has 0 aliphatic rings. The Bertz CT molecular complexity index is 1460. The summed E-state index contributed by atoms with van der Waals surface area (Å²) >= 11 is 3.52. The molecule has 168 valence electrons. The Labute approximate surface area is 199 Å². The summed E-state index contributed by atoms with van der Waals surface area (Å²) in [5, 5.41) is 5.78. The van der Waals surface area contributed by atoms with E-state index in [1.54, 1.807) is 18.2 Å². The molecule has 0 fully saturated rings. The first-order valence-electron chi connectivity index (χ1n) is 9.92. The number of anilines is 4. The van der Waals surface area contributed by atoms with Gasteiger partial charge in [0.05, 0.1) is 21.6 Å². The Morgan fingerprint density at radius 3 is 2.15 bits per heavy atom. The number of carbonyl (C=O) groups is 1. The molecule has 1 amide bonds. The average Bonchev–Trinajstić information content (AvgIpc) is 2.75. The number of nitrogens with zero attached hydrogens (tertiary/aromatic N) is 2. The van der Waals surface area contributed by atoms with Gasteiger partial charge in [-0.1, -0.05) is 18.2 Å². The van der Waals surface area contributed by atoms with Gasteiger partial charge in [0.15, 0.2) is 11.6 Å². The SMILES string of the molecule is CC(=O)Nc1ccc(S(=O)(=O)Nc2nc3ccccc3nc2Nc2ccc(C)cc2Br)cc1. The lowest BCUT2D eigenvalue weighted by Gasteiger charge is -2.15. The molecule has 33 heavy (non-hydrogen) atoms. The molecule has 0 spiro atoms. The zero-order chi connectivity index (χ0) is 23.6. The molecular weight excluding hydrogens is 506 g/mol. The molecule has 3 aromatic carbocycles. The Morgan fingerprint density at radius 1 is 0.909 bits per heavy atom. The van der Waals surface area contributed by atoms with Crippen molar-refractivity contribution >= 4 is 65.9 Å². The van der Waals surface area contributed by atoms with Crippen molar-refractivity contribution in [3.63, 3.8) is 0 Å². The third kappa shape index (κ3) is 5.29. The number of sulfonamides is 1. The maximum absolute atomic E-state index is 13.1. The monoisotopic (exact) mass is 525 g/mol. The van der Waals surface area contributed by atoms with Gasteiger partial charge in [0.25, 0.3) is 10.0 Å². The van der Waals surface area contributed by atoms with Crippen LogP contribution in [0.5, 0.6) is 0 Å². The van der Waals surface area contributed by atoms with Crippen LogP contribution in [0.3, 0.4) is 0 Å². The first-order chi connectivity index (χ1) is 15.7. The predicted octanol–water partition coefficient (Wildman–Crippen LogP) is 5.20. The first kappa shape index (κ1) is 22.7. The van der Waals surface area contributed by atoms with Gasteiger partial charge in [-0.25, -0.2) is 18.4 Å². The van der Waals surface area contributed by atoms with Crippen molar-refractivity contribution in [3.05, 3.63) is 76.8 Å². The van der Waals surface area contributed by atoms with Gasteiger partial charge in [0.2, 0.25) is 5.91 Å². The predicted molar refractivity (Wildman–Crippen MR) is 133 cm³/mol. The van der Waals surface area contributed by atoms with Gasteiger partial charge in [-0.3, -0.25) is 9.52 Å². The van der Waals surface area contributed by atoms with Crippen LogP contribution in [0.1, 0.15) is 12.5 Å². The van der Waals surface area contributed by atoms with Gasteiger partial charge in [-0.05, 0) is 76.9 Å². The second-order valence-electron chi connectivity index (χ2n) is 7.33. The molecule has 0 unspecified atom stereocenters. The summed E-state index contributed by atoms with van der Waals surface area (Å²) in [7, 11) is -3.98. The van der Waals surface area contributed by atoms with Crippen LogP contribution in [0.25, 0.3) is 11.0 Å². The van der Waals surface area contributed by atoms with E-state index in [1.165, 1.54) is 31.2 Å². The minimum absolute atomic E-state index is 0.0222. The highest BCUT2D eigenvalue weighted by molar-refractivity contribution is 9.10. The lowest BCUT2D eigenvalue weighted by Crippen LogP contribution is -2.16. The molecular formula is C23H20BrN5O3S. The van der Waals surface area contributed by atoms with E-state index in [0.717, 1.165) is 10.0 Å². The molecule has 10 heteroatoms. The van der Waals surface area contributed by atoms with Crippen molar-refractivity contribution in [1.29, 1.82) is 0 Å². The molecule has 0 atom stereocenters. The first-order valence-corrected chi connectivity index (χ1v) is 12.2. The van der Waals surface area contributed by atoms with Gasteiger partial charge < -0.3 is 10.6 Å². The molecule has 4 aromatic rings. The molecule has 0 aliphatic heterocycles. The minimum Gasteiger partial charge on any atom is -0.336 e. The minimum atomic E-state index is -3.98. The lowest BCUT2D eigenvalue weighted by atomic mass is 10.2. The molecule has 0 saturated carbocycles. The summed E-state index contributed by atoms with van der Waals surface area (Å²) in [6.45, 7) is 3.35. The highest BCUT2D eigenvalue weighted by Crippen LogP contribution is 2.31. The number of hydrogen-bond acceptors (Lipinski definition) is 6. The number of para-hydroxylation sites is 2. The number of halogens is 1. The van der Waals surface area contributed by atoms with E-state index in [9.17, 15) is 13.2 Å². The molecule has 0 bridgehead atoms. The van der Waals surface area contributed by atoms with Crippen LogP contribution in [0.15, 0.2) is 76.1 Å². The van der Waals surface area contributed by atoms with Gasteiger partial charge >= 0.3 is 0 Å². The summed E-state index contributed by atoms with van der Waals surface area (Å²) in [6.07, 6.45) is 0. The van der Waals surface area contributed by atoms with Crippen LogP contribution in [-0.4, -0.2) is 24.3 Å². The summed E-state index contributed by atoms with van der Waals surface area (Å²) in [5.74, 6) is 0.0805. The summed E-state index contributed by atoms with van der Waals surface area (Å²) in [6, 6.07) is 18.8. The quantitative estimate of drug-likeness (QED) is 0.318. The molecule has 1 heterocycles. The number of hydrogen-bond donors (Lipinski definition) is 3. The van der Waals surface area contributed by atoms with Crippen molar-refractivity contribution in [2.24, 2.45) is 0 Å². The summed E-state index contributed by atoms with van der Waals surface area (Å²) in [4.78, 5) is 20.3. The number of aryl methyl sites for hydroxylation is 1. The van der Waals surface area contributed by atoms with E-state index in [-0.39, 0.29) is 22.4 Å². The molecule has 0 aliphatic carbocycles. The number of nitrogens with one attached hydrogen (secondary N) is 3. The Kier molecular flexibility index (Phi) is 6.30. The molecule has 4 rings (SSSR count). The zero-order valence-electron chi connectivity index (χ0n) is 17.8. The second kappa shape index (κ2) is 9.16. The largest absolute Gasteiger partial charge is 0.336 e. The Hall–Kier alpha value is -3.50. The van der Waals surface area contributed by atoms with Gasteiger partial charge in [-0.15, -0.1) is 0 Å². The third-order valence-electron chi connectivity index (χ3n) is 4.66. The summed E-state index contributed by atoms with van der Waals surface area (Å²) < 4.78 is 29.5. The number of amides is 1. The average molecular weight is 526 g/mol. The fraction of sp³-hybridized carbons (Fsp3) is 0.0870. The Morgan fingerprint density at radius 2 is 1.55 bits per heavy atom. The highest BCUT2D eigenvalue weighted by atomic mass is 79.9. The smallest absolute Gasteiger partial charge is 0.263 e. The lowest BCUT2D eigenvalue weighted by molar-refractivity contribution is -0.114. The number of aromatic nitrogens is 2. The van der Waals surface area contributed by atoms with Crippen molar-refractivity contribution in [2.45, 2.75) is 18.7 Å². The fourth-order valence-electron chi connectivity index (χ4n) is 3.11. The van der Waals surface area contributed by atoms with E-state index in [4.69, 9.17) is 0 Å². The van der Waals surface area contributed by atoms with Crippen molar-refractivity contribution in [2.75, 3.05) is 15.4 Å². The van der Waals surface area contributed by atoms with Gasteiger partial charge in [-0.2, -0.15) is 0 Å². The van der Waals surface area contributed by atoms with Gasteiger partial charge in [0.1, 0.15) is 0 Å². The van der Waals surface area contributed by atoms with Gasteiger partial charge in [0, 0.05) is 17.1 Å². The van der Waals surface area contributed by atoms with Crippen LogP contribution in [-0.2, 0) is 14.8 Å². The molecule has 1 aromatic heterocycles. The van der Waals surface area contributed by atoms with Crippen LogP contribution in [0.2, 0.25) is 0 Å². The standard InChI is InChI=1S/C23H20BrN5O3S/c1-14-7-12-19(18(24)13-14)26-22-23(28-21-6-4-3-5-20(21)27-22)29-33(31,32)17-10-8-16(9-11-17)25-15(2)30/h3-13H,1-2H3,(H,25,30)(H,26,27)(H,28,29). The maximum atomic E-state index is 13.1. The van der Waals surface area contributed by atoms with E-state index in [2.05, 4.69) is 41.3 Å². The third-order valence-corrected chi connectivity index (χ3v) is 6.68. The number of rotatable bonds is 6. The van der Waals surface area contributed by atoms with Crippen molar-refractivity contribution in [1.82, 2.24) is 9.97 Å². The number of fused-ring (bicyclic) bond motifs is 1. The van der Waals surface area contributed by atoms with Crippen molar-refractivity contribution < 1.29 is 13.2 Å². The number of benzene rings is 3. The van der Waals surface area contributed by atoms with E-state index < -0.39 is 10.0 Å². The molecule has 3 N–H and O–H groups in total. The van der Waals surface area contributed by atoms with Crippen LogP contribution >= 0.6 is 15.9 Å². The summed E-state index contributed by atoms with van der Waals surface area (Å²) in [5.41, 5.74) is 3.44. The second-order valence-corrected chi connectivity index (χ2v) is 9.87. The van der Waals surface area contributed by atoms with Crippen molar-refractivity contribution in [3.8, 4) is 0 Å². The highest BCUT2D eigenvalue weighted by Gasteiger charge is 2.19. The maximum Gasteiger partial charge on any atom is 0.263 e. The van der Waals surface area contributed by atoms with E-state index >= 15 is 0 Å². The number of carbonyl (C=O) groups excluding carboxylic acids is 1. The molecule has 0 saturated heterocycles. The van der Waals surface area contributed by atoms with Crippen LogP contribution in [0, 0.1) is 6.92 Å². The molecule has 8 nitrogen and oxygen atoms in total. The zero-order valence-corrected chi connectivity index (χ0v) is 20.2. The fourth-order valence-corrected chi connectivity index (χ4v) is 4.72. The van der Waals surface area contributed by atoms with E-state index in [1.807, 2.05) is 31.2 Å². The normalized spacial score (nSPS) is 11.2. The van der Waals surface area contributed by atoms with E-state index in [0.29, 0.717) is 22.4 Å². The van der Waals surface area contributed by atoms with Crippen LogP contribution < -0.4 is 15.4 Å². The van der Waals surface area contributed by atoms with Crippen LogP contribution in [0.4, 0.5) is 23.0 Å².